The zero-order valence-electron chi connectivity index (χ0n) is 8.25. The first-order valence-corrected chi connectivity index (χ1v) is 4.67. The number of nitrogen functional groups attached to an aromatic ring is 1. The number of carboxylic acid groups (broad SMARTS) is 1. The number of anilines is 1. The maximum Gasteiger partial charge on any atom is 0.418 e. The molecule has 7 heteroatoms. The summed E-state index contributed by atoms with van der Waals surface area (Å²) in [7, 11) is 0. The van der Waals surface area contributed by atoms with Crippen LogP contribution in [0.3, 0.4) is 0 Å². The van der Waals surface area contributed by atoms with Gasteiger partial charge in [0.2, 0.25) is 0 Å². The molecule has 3 N–H and O–H groups in total. The number of carbonyl (C=O) groups is 1. The number of carboxylic acids is 1. The van der Waals surface area contributed by atoms with E-state index in [2.05, 4.69) is 0 Å². The minimum atomic E-state index is -4.61. The first-order valence-electron chi connectivity index (χ1n) is 4.29. The second-order valence-electron chi connectivity index (χ2n) is 3.13. The molecule has 0 heterocycles. The average Bonchev–Trinajstić information content (AvgIpc) is 2.13. The highest BCUT2D eigenvalue weighted by Crippen LogP contribution is 2.36. The molecule has 0 fully saturated rings. The summed E-state index contributed by atoms with van der Waals surface area (Å²) < 4.78 is 37.5. The van der Waals surface area contributed by atoms with Crippen LogP contribution in [0, 0.1) is 0 Å². The maximum atomic E-state index is 12.5. The van der Waals surface area contributed by atoms with Crippen LogP contribution in [-0.2, 0) is 11.0 Å². The highest BCUT2D eigenvalue weighted by molar-refractivity contribution is 6.32. The fourth-order valence-electron chi connectivity index (χ4n) is 1.14. The third-order valence-electron chi connectivity index (χ3n) is 1.88. The zero-order chi connectivity index (χ0) is 13.2. The molecule has 3 nitrogen and oxygen atoms in total. The molecule has 0 amide bonds. The molecule has 0 saturated carbocycles. The van der Waals surface area contributed by atoms with Crippen molar-refractivity contribution in [1.82, 2.24) is 0 Å². The number of hydrogen-bond acceptors (Lipinski definition) is 2. The van der Waals surface area contributed by atoms with E-state index in [1.807, 2.05) is 0 Å². The van der Waals surface area contributed by atoms with Crippen molar-refractivity contribution < 1.29 is 23.1 Å². The van der Waals surface area contributed by atoms with Crippen LogP contribution in [0.15, 0.2) is 18.2 Å². The van der Waals surface area contributed by atoms with Gasteiger partial charge in [0, 0.05) is 16.8 Å². The van der Waals surface area contributed by atoms with E-state index in [9.17, 15) is 18.0 Å². The molecule has 0 bridgehead atoms. The van der Waals surface area contributed by atoms with E-state index >= 15 is 0 Å². The van der Waals surface area contributed by atoms with Crippen molar-refractivity contribution in [3.8, 4) is 0 Å². The SMILES string of the molecule is Nc1cc(Cl)c(/C=C/C(=O)O)cc1C(F)(F)F. The van der Waals surface area contributed by atoms with E-state index in [-0.39, 0.29) is 10.6 Å². The second-order valence-corrected chi connectivity index (χ2v) is 3.54. The summed E-state index contributed by atoms with van der Waals surface area (Å²) in [6.45, 7) is 0. The number of hydrogen-bond donors (Lipinski definition) is 2. The molecular weight excluding hydrogens is 259 g/mol. The van der Waals surface area contributed by atoms with Gasteiger partial charge in [0.1, 0.15) is 0 Å². The molecule has 92 valence electrons. The van der Waals surface area contributed by atoms with Crippen LogP contribution in [0.25, 0.3) is 6.08 Å². The lowest BCUT2D eigenvalue weighted by Crippen LogP contribution is -2.09. The van der Waals surface area contributed by atoms with Gasteiger partial charge in [-0.2, -0.15) is 13.2 Å². The smallest absolute Gasteiger partial charge is 0.418 e. The molecule has 0 aliphatic heterocycles. The Hall–Kier alpha value is -1.69. The highest BCUT2D eigenvalue weighted by Gasteiger charge is 2.33. The Morgan fingerprint density at radius 3 is 2.47 bits per heavy atom. The Morgan fingerprint density at radius 2 is 2.00 bits per heavy atom. The Kier molecular flexibility index (Phi) is 3.67. The van der Waals surface area contributed by atoms with E-state index in [1.54, 1.807) is 0 Å². The van der Waals surface area contributed by atoms with E-state index < -0.39 is 23.4 Å². The van der Waals surface area contributed by atoms with E-state index in [4.69, 9.17) is 22.4 Å². The maximum absolute atomic E-state index is 12.5. The summed E-state index contributed by atoms with van der Waals surface area (Å²) in [4.78, 5) is 10.3. The average molecular weight is 266 g/mol. The molecule has 0 aliphatic rings. The lowest BCUT2D eigenvalue weighted by Gasteiger charge is -2.11. The van der Waals surface area contributed by atoms with Crippen LogP contribution in [0.2, 0.25) is 5.02 Å². The summed E-state index contributed by atoms with van der Waals surface area (Å²) in [5.74, 6) is -1.29. The summed E-state index contributed by atoms with van der Waals surface area (Å²) in [5, 5.41) is 8.32. The summed E-state index contributed by atoms with van der Waals surface area (Å²) in [6, 6.07) is 1.64. The van der Waals surface area contributed by atoms with Crippen molar-refractivity contribution >= 4 is 29.3 Å². The molecule has 0 saturated heterocycles. The highest BCUT2D eigenvalue weighted by atomic mass is 35.5. The van der Waals surface area contributed by atoms with Crippen LogP contribution in [0.4, 0.5) is 18.9 Å². The number of nitrogens with two attached hydrogens (primary N) is 1. The van der Waals surface area contributed by atoms with Crippen LogP contribution in [0.1, 0.15) is 11.1 Å². The van der Waals surface area contributed by atoms with Crippen LogP contribution in [-0.4, -0.2) is 11.1 Å². The number of benzene rings is 1. The zero-order valence-corrected chi connectivity index (χ0v) is 9.01. The predicted molar refractivity (Wildman–Crippen MR) is 57.5 cm³/mol. The van der Waals surface area contributed by atoms with Gasteiger partial charge < -0.3 is 10.8 Å². The second kappa shape index (κ2) is 4.67. The van der Waals surface area contributed by atoms with Crippen molar-refractivity contribution in [3.63, 3.8) is 0 Å². The molecular formula is C10H7ClF3NO2. The molecule has 0 spiro atoms. The Labute approximate surface area is 99.3 Å². The third-order valence-corrected chi connectivity index (χ3v) is 2.21. The Balaban J connectivity index is 3.29. The van der Waals surface area contributed by atoms with Gasteiger partial charge in [-0.1, -0.05) is 11.6 Å². The fraction of sp³-hybridized carbons (Fsp3) is 0.100. The molecule has 0 atom stereocenters. The van der Waals surface area contributed by atoms with Crippen molar-refractivity contribution in [2.75, 3.05) is 5.73 Å². The third kappa shape index (κ3) is 3.39. The Morgan fingerprint density at radius 1 is 1.41 bits per heavy atom. The van der Waals surface area contributed by atoms with Gasteiger partial charge in [-0.15, -0.1) is 0 Å². The van der Waals surface area contributed by atoms with Crippen LogP contribution < -0.4 is 5.73 Å². The molecule has 1 aromatic carbocycles. The minimum absolute atomic E-state index is 0.0481. The minimum Gasteiger partial charge on any atom is -0.478 e. The van der Waals surface area contributed by atoms with Crippen molar-refractivity contribution in [3.05, 3.63) is 34.4 Å². The van der Waals surface area contributed by atoms with Gasteiger partial charge in [-0.05, 0) is 23.8 Å². The number of rotatable bonds is 2. The van der Waals surface area contributed by atoms with E-state index in [0.29, 0.717) is 12.1 Å². The monoisotopic (exact) mass is 265 g/mol. The topological polar surface area (TPSA) is 63.3 Å². The summed E-state index contributed by atoms with van der Waals surface area (Å²) in [6.07, 6.45) is -2.95. The van der Waals surface area contributed by atoms with Crippen LogP contribution in [0.5, 0.6) is 0 Å². The molecule has 0 unspecified atom stereocenters. The number of aliphatic carboxylic acids is 1. The summed E-state index contributed by atoms with van der Waals surface area (Å²) in [5.41, 5.74) is 3.57. The molecule has 0 aromatic heterocycles. The predicted octanol–water partition coefficient (Wildman–Crippen LogP) is 3.04. The van der Waals surface area contributed by atoms with Gasteiger partial charge in [0.15, 0.2) is 0 Å². The van der Waals surface area contributed by atoms with Crippen LogP contribution >= 0.6 is 11.6 Å². The first kappa shape index (κ1) is 13.4. The molecule has 1 rings (SSSR count). The summed E-state index contributed by atoms with van der Waals surface area (Å²) >= 11 is 5.64. The molecule has 0 aliphatic carbocycles. The van der Waals surface area contributed by atoms with Gasteiger partial charge in [-0.3, -0.25) is 0 Å². The Bertz CT molecular complexity index is 483. The van der Waals surface area contributed by atoms with Crippen molar-refractivity contribution in [2.45, 2.75) is 6.18 Å². The molecule has 0 radical (unpaired) electrons. The molecule has 1 aromatic rings. The first-order chi connectivity index (χ1) is 7.71. The van der Waals surface area contributed by atoms with Gasteiger partial charge in [0.25, 0.3) is 0 Å². The van der Waals surface area contributed by atoms with Gasteiger partial charge in [-0.25, -0.2) is 4.79 Å². The normalized spacial score (nSPS) is 12.0. The largest absolute Gasteiger partial charge is 0.478 e. The van der Waals surface area contributed by atoms with E-state index in [1.165, 1.54) is 0 Å². The fourth-order valence-corrected chi connectivity index (χ4v) is 1.37. The number of halogens is 4. The number of alkyl halides is 3. The van der Waals surface area contributed by atoms with E-state index in [0.717, 1.165) is 12.1 Å². The lowest BCUT2D eigenvalue weighted by atomic mass is 10.1. The van der Waals surface area contributed by atoms with Gasteiger partial charge in [0.05, 0.1) is 5.56 Å². The lowest BCUT2D eigenvalue weighted by molar-refractivity contribution is -0.137. The van der Waals surface area contributed by atoms with Crippen molar-refractivity contribution in [2.24, 2.45) is 0 Å². The van der Waals surface area contributed by atoms with Gasteiger partial charge >= 0.3 is 12.1 Å². The van der Waals surface area contributed by atoms with Crippen molar-refractivity contribution in [1.29, 1.82) is 0 Å². The molecule has 17 heavy (non-hydrogen) atoms. The quantitative estimate of drug-likeness (QED) is 0.638. The standard InChI is InChI=1S/C10H7ClF3NO2/c11-7-4-8(15)6(10(12,13)14)3-5(7)1-2-9(16)17/h1-4H,15H2,(H,16,17)/b2-1+.